The van der Waals surface area contributed by atoms with Crippen molar-refractivity contribution in [3.05, 3.63) is 71.5 Å². The van der Waals surface area contributed by atoms with Gasteiger partial charge in [0.15, 0.2) is 29.2 Å². The first-order valence-corrected chi connectivity index (χ1v) is 12.5. The van der Waals surface area contributed by atoms with Gasteiger partial charge in [0, 0.05) is 5.70 Å². The number of benzene rings is 2. The SMILES string of the molecule is C=CCOc1ccc(/C=N\N[C@H](O)COc2ccc([C@@H]3NC(=O)NC(C)=C3C(=O)OC)cc2OCC)cc1OC. The van der Waals surface area contributed by atoms with Gasteiger partial charge in [0.05, 0.1) is 38.7 Å². The van der Waals surface area contributed by atoms with E-state index in [2.05, 4.69) is 27.7 Å². The zero-order chi connectivity index (χ0) is 29.1. The highest BCUT2D eigenvalue weighted by Crippen LogP contribution is 2.35. The third-order valence-electron chi connectivity index (χ3n) is 5.65. The molecule has 2 atom stereocenters. The van der Waals surface area contributed by atoms with Gasteiger partial charge < -0.3 is 39.4 Å². The number of esters is 1. The van der Waals surface area contributed by atoms with E-state index in [-0.39, 0.29) is 12.2 Å². The summed E-state index contributed by atoms with van der Waals surface area (Å²) in [5.41, 5.74) is 4.57. The molecular weight excluding hydrogens is 520 g/mol. The second-order valence-electron chi connectivity index (χ2n) is 8.42. The van der Waals surface area contributed by atoms with Gasteiger partial charge in [0.25, 0.3) is 0 Å². The molecule has 0 fully saturated rings. The van der Waals surface area contributed by atoms with Crippen LogP contribution in [0.4, 0.5) is 4.79 Å². The Hall–Kier alpha value is -4.71. The van der Waals surface area contributed by atoms with Crippen molar-refractivity contribution in [2.24, 2.45) is 5.10 Å². The second kappa shape index (κ2) is 14.4. The predicted molar refractivity (Wildman–Crippen MR) is 148 cm³/mol. The van der Waals surface area contributed by atoms with Gasteiger partial charge >= 0.3 is 12.0 Å². The molecular formula is C28H34N4O8. The van der Waals surface area contributed by atoms with Gasteiger partial charge in [-0.3, -0.25) is 5.43 Å². The molecule has 12 heteroatoms. The van der Waals surface area contributed by atoms with Crippen LogP contribution in [0.25, 0.3) is 0 Å². The van der Waals surface area contributed by atoms with Gasteiger partial charge in [-0.15, -0.1) is 0 Å². The smallest absolute Gasteiger partial charge is 0.337 e. The molecule has 2 amide bonds. The molecule has 4 N–H and O–H groups in total. The van der Waals surface area contributed by atoms with Gasteiger partial charge in [-0.05, 0) is 55.3 Å². The number of nitrogens with zero attached hydrogens (tertiary/aromatic N) is 1. The molecule has 0 aromatic heterocycles. The maximum absolute atomic E-state index is 12.4. The molecule has 2 aromatic rings. The fourth-order valence-electron chi connectivity index (χ4n) is 3.85. The van der Waals surface area contributed by atoms with Crippen LogP contribution in [0.2, 0.25) is 0 Å². The molecule has 0 saturated carbocycles. The summed E-state index contributed by atoms with van der Waals surface area (Å²) in [7, 11) is 2.81. The van der Waals surface area contributed by atoms with Crippen LogP contribution < -0.4 is 35.0 Å². The molecule has 0 saturated heterocycles. The number of amides is 2. The van der Waals surface area contributed by atoms with Gasteiger partial charge in [0.1, 0.15) is 13.2 Å². The molecule has 2 aromatic carbocycles. The Balaban J connectivity index is 1.67. The standard InChI is InChI=1S/C28H34N4O8/c1-6-12-39-20-10-8-18(13-22(20)36-4)15-29-32-24(33)16-40-21-11-9-19(14-23(21)38-7-2)26-25(27(34)37-5)17(3)30-28(35)31-26/h6,8-11,13-15,24,26,32-33H,1,7,12,16H2,2-5H3,(H2,30,31,35)/b29-15-/t24-,26+/m1/s1. The van der Waals surface area contributed by atoms with Crippen LogP contribution >= 0.6 is 0 Å². The topological polar surface area (TPSA) is 149 Å². The first-order chi connectivity index (χ1) is 19.3. The summed E-state index contributed by atoms with van der Waals surface area (Å²) in [5, 5.41) is 19.7. The zero-order valence-corrected chi connectivity index (χ0v) is 22.9. The van der Waals surface area contributed by atoms with Crippen LogP contribution in [0, 0.1) is 0 Å². The first kappa shape index (κ1) is 29.8. The Bertz CT molecular complexity index is 1280. The lowest BCUT2D eigenvalue weighted by Crippen LogP contribution is -2.45. The number of hydrogen-bond donors (Lipinski definition) is 4. The summed E-state index contributed by atoms with van der Waals surface area (Å²) in [4.78, 5) is 24.5. The number of hydrazone groups is 1. The number of ether oxygens (including phenoxy) is 5. The Labute approximate surface area is 232 Å². The Morgan fingerprint density at radius 1 is 1.12 bits per heavy atom. The van der Waals surface area contributed by atoms with Crippen LogP contribution in [-0.2, 0) is 9.53 Å². The second-order valence-corrected chi connectivity index (χ2v) is 8.42. The third kappa shape index (κ3) is 7.67. The molecule has 1 aliphatic rings. The van der Waals surface area contributed by atoms with Crippen molar-refractivity contribution in [2.45, 2.75) is 26.1 Å². The van der Waals surface area contributed by atoms with E-state index in [0.29, 0.717) is 47.5 Å². The quantitative estimate of drug-likeness (QED) is 0.0909. The maximum Gasteiger partial charge on any atom is 0.337 e. The lowest BCUT2D eigenvalue weighted by molar-refractivity contribution is -0.136. The number of carbonyl (C=O) groups excluding carboxylic acids is 2. The number of nitrogens with one attached hydrogen (secondary N) is 3. The molecule has 0 unspecified atom stereocenters. The van der Waals surface area contributed by atoms with Crippen LogP contribution in [0.3, 0.4) is 0 Å². The van der Waals surface area contributed by atoms with E-state index in [9.17, 15) is 14.7 Å². The number of hydrogen-bond acceptors (Lipinski definition) is 10. The molecule has 40 heavy (non-hydrogen) atoms. The Kier molecular flexibility index (Phi) is 10.8. The van der Waals surface area contributed by atoms with Crippen LogP contribution in [0.15, 0.2) is 65.4 Å². The highest BCUT2D eigenvalue weighted by Gasteiger charge is 2.32. The lowest BCUT2D eigenvalue weighted by atomic mass is 9.95. The highest BCUT2D eigenvalue weighted by molar-refractivity contribution is 5.95. The molecule has 3 rings (SSSR count). The van der Waals surface area contributed by atoms with E-state index in [1.165, 1.54) is 20.4 Å². The molecule has 0 radical (unpaired) electrons. The predicted octanol–water partition coefficient (Wildman–Crippen LogP) is 2.78. The first-order valence-electron chi connectivity index (χ1n) is 12.5. The van der Waals surface area contributed by atoms with E-state index in [1.807, 2.05) is 6.92 Å². The number of aliphatic hydroxyl groups excluding tert-OH is 1. The van der Waals surface area contributed by atoms with Gasteiger partial charge in [0.2, 0.25) is 0 Å². The summed E-state index contributed by atoms with van der Waals surface area (Å²) in [6, 6.07) is 9.08. The average Bonchev–Trinajstić information content (AvgIpc) is 2.95. The molecule has 0 aliphatic carbocycles. The molecule has 0 bridgehead atoms. The Morgan fingerprint density at radius 3 is 2.58 bits per heavy atom. The van der Waals surface area contributed by atoms with E-state index in [1.54, 1.807) is 49.4 Å². The third-order valence-corrected chi connectivity index (χ3v) is 5.65. The molecule has 1 aliphatic heterocycles. The van der Waals surface area contributed by atoms with E-state index < -0.39 is 24.3 Å². The molecule has 0 spiro atoms. The normalized spacial score (nSPS) is 15.5. The Morgan fingerprint density at radius 2 is 1.88 bits per heavy atom. The zero-order valence-electron chi connectivity index (χ0n) is 22.9. The van der Waals surface area contributed by atoms with Crippen molar-refractivity contribution >= 4 is 18.2 Å². The summed E-state index contributed by atoms with van der Waals surface area (Å²) in [6.07, 6.45) is 2.02. The van der Waals surface area contributed by atoms with Gasteiger partial charge in [-0.2, -0.15) is 5.10 Å². The number of aliphatic hydroxyl groups is 1. The minimum absolute atomic E-state index is 0.148. The van der Waals surface area contributed by atoms with Crippen LogP contribution in [-0.4, -0.2) is 63.6 Å². The summed E-state index contributed by atoms with van der Waals surface area (Å²) >= 11 is 0. The molecule has 12 nitrogen and oxygen atoms in total. The lowest BCUT2D eigenvalue weighted by Gasteiger charge is -2.28. The summed E-state index contributed by atoms with van der Waals surface area (Å²) in [6.45, 7) is 7.60. The van der Waals surface area contributed by atoms with Crippen LogP contribution in [0.1, 0.15) is 31.0 Å². The molecule has 1 heterocycles. The van der Waals surface area contributed by atoms with Crippen molar-refractivity contribution in [3.8, 4) is 23.0 Å². The number of rotatable bonds is 14. The fraction of sp³-hybridized carbons (Fsp3) is 0.321. The van der Waals surface area contributed by atoms with E-state index in [4.69, 9.17) is 23.7 Å². The minimum Gasteiger partial charge on any atom is -0.493 e. The monoisotopic (exact) mass is 554 g/mol. The van der Waals surface area contributed by atoms with E-state index in [0.717, 1.165) is 5.56 Å². The number of carbonyl (C=O) groups is 2. The van der Waals surface area contributed by atoms with Gasteiger partial charge in [-0.25, -0.2) is 9.59 Å². The minimum atomic E-state index is -1.14. The number of urea groups is 1. The van der Waals surface area contributed by atoms with Crippen molar-refractivity contribution in [1.29, 1.82) is 0 Å². The number of methoxy groups -OCH3 is 2. The average molecular weight is 555 g/mol. The van der Waals surface area contributed by atoms with Crippen molar-refractivity contribution in [3.63, 3.8) is 0 Å². The summed E-state index contributed by atoms with van der Waals surface area (Å²) in [5.74, 6) is 1.27. The fourth-order valence-corrected chi connectivity index (χ4v) is 3.85. The summed E-state index contributed by atoms with van der Waals surface area (Å²) < 4.78 is 27.3. The van der Waals surface area contributed by atoms with Gasteiger partial charge in [-0.1, -0.05) is 18.7 Å². The van der Waals surface area contributed by atoms with E-state index >= 15 is 0 Å². The maximum atomic E-state index is 12.4. The number of allylic oxidation sites excluding steroid dienone is 1. The largest absolute Gasteiger partial charge is 0.493 e. The van der Waals surface area contributed by atoms with Crippen molar-refractivity contribution in [2.75, 3.05) is 34.0 Å². The van der Waals surface area contributed by atoms with Crippen LogP contribution in [0.5, 0.6) is 23.0 Å². The molecule has 214 valence electrons. The van der Waals surface area contributed by atoms with Crippen molar-refractivity contribution < 1.29 is 38.4 Å². The highest BCUT2D eigenvalue weighted by atomic mass is 16.5. The van der Waals surface area contributed by atoms with Crippen molar-refractivity contribution in [1.82, 2.24) is 16.1 Å².